The Morgan fingerprint density at radius 3 is 2.65 bits per heavy atom. The third-order valence-corrected chi connectivity index (χ3v) is 5.91. The maximum Gasteiger partial charge on any atom is 0.252 e. The molecule has 2 heterocycles. The van der Waals surface area contributed by atoms with Crippen LogP contribution in [0.25, 0.3) is 0 Å². The Morgan fingerprint density at radius 2 is 2.12 bits per heavy atom. The maximum atomic E-state index is 12.1. The van der Waals surface area contributed by atoms with Gasteiger partial charge in [0, 0.05) is 19.3 Å². The van der Waals surface area contributed by atoms with Crippen molar-refractivity contribution in [2.24, 2.45) is 0 Å². The van der Waals surface area contributed by atoms with Gasteiger partial charge >= 0.3 is 0 Å². The van der Waals surface area contributed by atoms with Crippen LogP contribution in [0.1, 0.15) is 18.5 Å². The van der Waals surface area contributed by atoms with E-state index in [1.54, 1.807) is 6.92 Å². The highest BCUT2D eigenvalue weighted by molar-refractivity contribution is 7.91. The van der Waals surface area contributed by atoms with Crippen LogP contribution in [0.4, 0.5) is 0 Å². The van der Waals surface area contributed by atoms with E-state index in [0.717, 1.165) is 11.3 Å². The topological polar surface area (TPSA) is 68.3 Å². The second-order valence-corrected chi connectivity index (χ2v) is 7.34. The molecule has 5 nitrogen and oxygen atoms in total. The van der Waals surface area contributed by atoms with Crippen molar-refractivity contribution in [1.82, 2.24) is 9.71 Å². The summed E-state index contributed by atoms with van der Waals surface area (Å²) in [5, 5.41) is 0. The minimum absolute atomic E-state index is 0.0611. The van der Waals surface area contributed by atoms with Gasteiger partial charge in [-0.15, -0.1) is 0 Å². The number of rotatable bonds is 3. The maximum absolute atomic E-state index is 12.1. The van der Waals surface area contributed by atoms with E-state index in [4.69, 9.17) is 16.3 Å². The average Bonchev–Trinajstić information content (AvgIpc) is 2.59. The molecule has 0 amide bonds. The number of aromatic nitrogens is 1. The molecular weight excluding hydrogens is 284 g/mol. The van der Waals surface area contributed by atoms with Crippen LogP contribution in [-0.2, 0) is 14.8 Å². The third-order valence-electron chi connectivity index (χ3n) is 2.52. The summed E-state index contributed by atoms with van der Waals surface area (Å²) in [5.74, 6) is 0. The third kappa shape index (κ3) is 3.17. The van der Waals surface area contributed by atoms with E-state index in [0.29, 0.717) is 31.7 Å². The van der Waals surface area contributed by atoms with Crippen LogP contribution in [0.15, 0.2) is 4.21 Å². The van der Waals surface area contributed by atoms with Gasteiger partial charge in [-0.25, -0.2) is 18.1 Å². The van der Waals surface area contributed by atoms with Crippen LogP contribution < -0.4 is 4.72 Å². The molecule has 1 N–H and O–H groups in total. The Balaban J connectivity index is 2.15. The van der Waals surface area contributed by atoms with Crippen molar-refractivity contribution in [3.8, 4) is 0 Å². The molecule has 1 saturated heterocycles. The van der Waals surface area contributed by atoms with Crippen LogP contribution in [0.2, 0.25) is 4.47 Å². The minimum Gasteiger partial charge on any atom is -0.381 e. The Hall–Kier alpha value is -0.210. The van der Waals surface area contributed by atoms with E-state index in [9.17, 15) is 8.42 Å². The van der Waals surface area contributed by atoms with Gasteiger partial charge in [0.05, 0.1) is 5.69 Å². The predicted molar refractivity (Wildman–Crippen MR) is 66.0 cm³/mol. The van der Waals surface area contributed by atoms with Crippen molar-refractivity contribution < 1.29 is 13.2 Å². The zero-order valence-corrected chi connectivity index (χ0v) is 11.7. The molecule has 0 radical (unpaired) electrons. The summed E-state index contributed by atoms with van der Waals surface area (Å²) in [6, 6.07) is -0.0611. The van der Waals surface area contributed by atoms with Crippen molar-refractivity contribution in [2.75, 3.05) is 13.2 Å². The van der Waals surface area contributed by atoms with Gasteiger partial charge < -0.3 is 4.74 Å². The fourth-order valence-electron chi connectivity index (χ4n) is 1.69. The smallest absolute Gasteiger partial charge is 0.252 e. The molecule has 1 aliphatic rings. The van der Waals surface area contributed by atoms with Crippen molar-refractivity contribution in [3.63, 3.8) is 0 Å². The summed E-state index contributed by atoms with van der Waals surface area (Å²) < 4.78 is 32.5. The molecule has 2 rings (SSSR count). The first kappa shape index (κ1) is 13.2. The first-order valence-electron chi connectivity index (χ1n) is 5.22. The SMILES string of the molecule is Cc1nc(Cl)sc1S(=O)(=O)NC1CCOCC1. The molecule has 1 aromatic rings. The molecule has 0 aliphatic carbocycles. The number of nitrogens with one attached hydrogen (secondary N) is 1. The summed E-state index contributed by atoms with van der Waals surface area (Å²) in [6.45, 7) is 2.83. The van der Waals surface area contributed by atoms with Gasteiger partial charge in [-0.3, -0.25) is 0 Å². The number of nitrogens with zero attached hydrogens (tertiary/aromatic N) is 1. The highest BCUT2D eigenvalue weighted by atomic mass is 35.5. The van der Waals surface area contributed by atoms with Gasteiger partial charge in [-0.05, 0) is 19.8 Å². The Morgan fingerprint density at radius 1 is 1.47 bits per heavy atom. The fraction of sp³-hybridized carbons (Fsp3) is 0.667. The minimum atomic E-state index is -3.50. The molecule has 0 saturated carbocycles. The molecule has 1 fully saturated rings. The largest absolute Gasteiger partial charge is 0.381 e. The van der Waals surface area contributed by atoms with Gasteiger partial charge in [0.15, 0.2) is 8.68 Å². The molecule has 0 unspecified atom stereocenters. The van der Waals surface area contributed by atoms with Crippen LogP contribution in [0, 0.1) is 6.92 Å². The van der Waals surface area contributed by atoms with E-state index in [-0.39, 0.29) is 14.7 Å². The van der Waals surface area contributed by atoms with Crippen molar-refractivity contribution >= 4 is 33.0 Å². The van der Waals surface area contributed by atoms with Crippen molar-refractivity contribution in [2.45, 2.75) is 30.0 Å². The molecule has 1 aliphatic heterocycles. The second kappa shape index (κ2) is 5.19. The Bertz CT molecular complexity index is 494. The molecular formula is C9H13ClN2O3S2. The van der Waals surface area contributed by atoms with Crippen molar-refractivity contribution in [1.29, 1.82) is 0 Å². The molecule has 0 spiro atoms. The quantitative estimate of drug-likeness (QED) is 0.919. The molecule has 8 heteroatoms. The lowest BCUT2D eigenvalue weighted by Crippen LogP contribution is -2.38. The predicted octanol–water partition coefficient (Wildman–Crippen LogP) is 1.56. The fourth-order valence-corrected chi connectivity index (χ4v) is 4.75. The zero-order valence-electron chi connectivity index (χ0n) is 9.27. The van der Waals surface area contributed by atoms with Gasteiger partial charge in [-0.1, -0.05) is 22.9 Å². The Labute approximate surface area is 109 Å². The number of sulfonamides is 1. The number of hydrogen-bond donors (Lipinski definition) is 1. The number of hydrogen-bond acceptors (Lipinski definition) is 5. The van der Waals surface area contributed by atoms with E-state index in [1.165, 1.54) is 0 Å². The van der Waals surface area contributed by atoms with Gasteiger partial charge in [0.2, 0.25) is 0 Å². The molecule has 17 heavy (non-hydrogen) atoms. The van der Waals surface area contributed by atoms with Crippen molar-refractivity contribution in [3.05, 3.63) is 10.2 Å². The van der Waals surface area contributed by atoms with Crippen LogP contribution >= 0.6 is 22.9 Å². The summed E-state index contributed by atoms with van der Waals surface area (Å²) in [4.78, 5) is 3.91. The summed E-state index contributed by atoms with van der Waals surface area (Å²) in [5.41, 5.74) is 0.444. The summed E-state index contributed by atoms with van der Waals surface area (Å²) in [7, 11) is -3.50. The van der Waals surface area contributed by atoms with Crippen LogP contribution in [-0.4, -0.2) is 32.7 Å². The first-order valence-corrected chi connectivity index (χ1v) is 7.90. The molecule has 0 atom stereocenters. The number of thiazole rings is 1. The lowest BCUT2D eigenvalue weighted by Gasteiger charge is -2.22. The second-order valence-electron chi connectivity index (χ2n) is 3.85. The lowest BCUT2D eigenvalue weighted by molar-refractivity contribution is 0.0832. The number of aryl methyl sites for hydroxylation is 1. The number of ether oxygens (including phenoxy) is 1. The average molecular weight is 297 g/mol. The molecule has 0 bridgehead atoms. The molecule has 0 aromatic carbocycles. The van der Waals surface area contributed by atoms with Gasteiger partial charge in [0.1, 0.15) is 0 Å². The van der Waals surface area contributed by atoms with Gasteiger partial charge in [0.25, 0.3) is 10.0 Å². The number of halogens is 1. The van der Waals surface area contributed by atoms with E-state index in [2.05, 4.69) is 9.71 Å². The van der Waals surface area contributed by atoms with Crippen LogP contribution in [0.3, 0.4) is 0 Å². The normalized spacial score (nSPS) is 18.5. The molecule has 96 valence electrons. The monoisotopic (exact) mass is 296 g/mol. The van der Waals surface area contributed by atoms with Crippen LogP contribution in [0.5, 0.6) is 0 Å². The van der Waals surface area contributed by atoms with Gasteiger partial charge in [-0.2, -0.15) is 0 Å². The highest BCUT2D eigenvalue weighted by Crippen LogP contribution is 2.27. The highest BCUT2D eigenvalue weighted by Gasteiger charge is 2.26. The summed E-state index contributed by atoms with van der Waals surface area (Å²) in [6.07, 6.45) is 1.40. The zero-order chi connectivity index (χ0) is 12.5. The van der Waals surface area contributed by atoms with E-state index in [1.807, 2.05) is 0 Å². The molecule has 1 aromatic heterocycles. The lowest BCUT2D eigenvalue weighted by atomic mass is 10.1. The standard InChI is InChI=1S/C9H13ClN2O3S2/c1-6-8(16-9(10)11-6)17(13,14)12-7-2-4-15-5-3-7/h7,12H,2-5H2,1H3. The van der Waals surface area contributed by atoms with E-state index >= 15 is 0 Å². The Kier molecular flexibility index (Phi) is 4.04. The summed E-state index contributed by atoms with van der Waals surface area (Å²) >= 11 is 6.69. The van der Waals surface area contributed by atoms with E-state index < -0.39 is 10.0 Å². The first-order chi connectivity index (χ1) is 7.99.